The summed E-state index contributed by atoms with van der Waals surface area (Å²) in [6, 6.07) is 5.77. The van der Waals surface area contributed by atoms with Gasteiger partial charge in [0.15, 0.2) is 0 Å². The lowest BCUT2D eigenvalue weighted by atomic mass is 10.0. The SMILES string of the molecule is Cc1ccc(NC(=O)CC(=O)N2CCC[C@H]2c2c(C)noc2C)c(C)c1. The van der Waals surface area contributed by atoms with E-state index in [0.717, 1.165) is 46.7 Å². The molecule has 1 aliphatic heterocycles. The monoisotopic (exact) mass is 355 g/mol. The topological polar surface area (TPSA) is 75.4 Å². The highest BCUT2D eigenvalue weighted by atomic mass is 16.5. The molecule has 1 saturated heterocycles. The summed E-state index contributed by atoms with van der Waals surface area (Å²) in [5.41, 5.74) is 4.66. The third-order valence-corrected chi connectivity index (χ3v) is 4.96. The van der Waals surface area contributed by atoms with Crippen LogP contribution in [0.3, 0.4) is 0 Å². The first-order valence-corrected chi connectivity index (χ1v) is 8.96. The first kappa shape index (κ1) is 18.2. The van der Waals surface area contributed by atoms with Gasteiger partial charge in [-0.3, -0.25) is 9.59 Å². The number of aromatic nitrogens is 1. The van der Waals surface area contributed by atoms with Gasteiger partial charge >= 0.3 is 0 Å². The van der Waals surface area contributed by atoms with Gasteiger partial charge in [0.05, 0.1) is 11.7 Å². The van der Waals surface area contributed by atoms with Crippen LogP contribution in [-0.2, 0) is 9.59 Å². The van der Waals surface area contributed by atoms with Crippen LogP contribution in [0, 0.1) is 27.7 Å². The van der Waals surface area contributed by atoms with Crippen molar-refractivity contribution in [1.82, 2.24) is 10.1 Å². The Morgan fingerprint density at radius 2 is 2.04 bits per heavy atom. The minimum atomic E-state index is -0.286. The fraction of sp³-hybridized carbons (Fsp3) is 0.450. The van der Waals surface area contributed by atoms with Crippen molar-refractivity contribution >= 4 is 17.5 Å². The normalized spacial score (nSPS) is 16.8. The van der Waals surface area contributed by atoms with E-state index in [1.807, 2.05) is 45.9 Å². The molecule has 6 nitrogen and oxygen atoms in total. The van der Waals surface area contributed by atoms with E-state index in [1.165, 1.54) is 0 Å². The fourth-order valence-corrected chi connectivity index (χ4v) is 3.72. The number of amides is 2. The van der Waals surface area contributed by atoms with Crippen molar-refractivity contribution in [2.24, 2.45) is 0 Å². The maximum absolute atomic E-state index is 12.7. The van der Waals surface area contributed by atoms with Crippen LogP contribution in [0.4, 0.5) is 5.69 Å². The molecule has 0 aliphatic carbocycles. The van der Waals surface area contributed by atoms with E-state index in [9.17, 15) is 9.59 Å². The van der Waals surface area contributed by atoms with Gasteiger partial charge in [-0.05, 0) is 52.2 Å². The summed E-state index contributed by atoms with van der Waals surface area (Å²) >= 11 is 0. The number of carbonyl (C=O) groups excluding carboxylic acids is 2. The van der Waals surface area contributed by atoms with Crippen LogP contribution in [0.1, 0.15) is 53.4 Å². The van der Waals surface area contributed by atoms with Crippen molar-refractivity contribution in [2.75, 3.05) is 11.9 Å². The molecule has 26 heavy (non-hydrogen) atoms. The van der Waals surface area contributed by atoms with Gasteiger partial charge < -0.3 is 14.7 Å². The average molecular weight is 355 g/mol. The van der Waals surface area contributed by atoms with Gasteiger partial charge in [0.2, 0.25) is 11.8 Å². The summed E-state index contributed by atoms with van der Waals surface area (Å²) in [7, 11) is 0. The van der Waals surface area contributed by atoms with Crippen molar-refractivity contribution in [3.63, 3.8) is 0 Å². The zero-order chi connectivity index (χ0) is 18.8. The van der Waals surface area contributed by atoms with Gasteiger partial charge in [-0.1, -0.05) is 22.9 Å². The Hall–Kier alpha value is -2.63. The summed E-state index contributed by atoms with van der Waals surface area (Å²) < 4.78 is 5.25. The third kappa shape index (κ3) is 3.64. The van der Waals surface area contributed by atoms with Crippen LogP contribution < -0.4 is 5.32 Å². The van der Waals surface area contributed by atoms with Crippen LogP contribution >= 0.6 is 0 Å². The zero-order valence-electron chi connectivity index (χ0n) is 15.8. The molecule has 0 saturated carbocycles. The molecule has 138 valence electrons. The van der Waals surface area contributed by atoms with Crippen LogP contribution in [-0.4, -0.2) is 28.4 Å². The predicted octanol–water partition coefficient (Wildman–Crippen LogP) is 3.60. The zero-order valence-corrected chi connectivity index (χ0v) is 15.8. The Kier molecular flexibility index (Phi) is 5.11. The molecule has 0 radical (unpaired) electrons. The summed E-state index contributed by atoms with van der Waals surface area (Å²) in [6.07, 6.45) is 1.62. The summed E-state index contributed by atoms with van der Waals surface area (Å²) in [6.45, 7) is 8.36. The first-order chi connectivity index (χ1) is 12.4. The second kappa shape index (κ2) is 7.32. The lowest BCUT2D eigenvalue weighted by molar-refractivity contribution is -0.135. The Morgan fingerprint density at radius 3 is 2.69 bits per heavy atom. The largest absolute Gasteiger partial charge is 0.361 e. The summed E-state index contributed by atoms with van der Waals surface area (Å²) in [5.74, 6) is 0.299. The molecule has 0 unspecified atom stereocenters. The first-order valence-electron chi connectivity index (χ1n) is 8.96. The minimum absolute atomic E-state index is 0.0531. The van der Waals surface area contributed by atoms with Crippen LogP contribution in [0.5, 0.6) is 0 Å². The van der Waals surface area contributed by atoms with E-state index < -0.39 is 0 Å². The van der Waals surface area contributed by atoms with Gasteiger partial charge in [-0.2, -0.15) is 0 Å². The van der Waals surface area contributed by atoms with Crippen molar-refractivity contribution in [2.45, 2.75) is 53.0 Å². The number of hydrogen-bond donors (Lipinski definition) is 1. The number of anilines is 1. The second-order valence-electron chi connectivity index (χ2n) is 7.03. The molecule has 1 atom stereocenters. The molecular formula is C20H25N3O3. The van der Waals surface area contributed by atoms with Crippen LogP contribution in [0.2, 0.25) is 0 Å². The highest BCUT2D eigenvalue weighted by molar-refractivity contribution is 6.04. The minimum Gasteiger partial charge on any atom is -0.361 e. The van der Waals surface area contributed by atoms with E-state index in [-0.39, 0.29) is 24.3 Å². The third-order valence-electron chi connectivity index (χ3n) is 4.96. The predicted molar refractivity (Wildman–Crippen MR) is 98.8 cm³/mol. The molecule has 2 heterocycles. The smallest absolute Gasteiger partial charge is 0.233 e. The Balaban J connectivity index is 1.68. The lowest BCUT2D eigenvalue weighted by Gasteiger charge is -2.24. The van der Waals surface area contributed by atoms with Crippen molar-refractivity contribution in [1.29, 1.82) is 0 Å². The highest BCUT2D eigenvalue weighted by Crippen LogP contribution is 2.35. The Morgan fingerprint density at radius 1 is 1.27 bits per heavy atom. The number of nitrogens with zero attached hydrogens (tertiary/aromatic N) is 2. The second-order valence-corrected chi connectivity index (χ2v) is 7.03. The van der Waals surface area contributed by atoms with Gasteiger partial charge in [0.1, 0.15) is 12.2 Å². The molecule has 0 spiro atoms. The van der Waals surface area contributed by atoms with E-state index in [4.69, 9.17) is 4.52 Å². The number of aryl methyl sites for hydroxylation is 4. The Labute approximate surface area is 153 Å². The molecule has 1 N–H and O–H groups in total. The van der Waals surface area contributed by atoms with Gasteiger partial charge in [0.25, 0.3) is 0 Å². The molecule has 1 aliphatic rings. The van der Waals surface area contributed by atoms with E-state index in [2.05, 4.69) is 10.5 Å². The number of hydrogen-bond acceptors (Lipinski definition) is 4. The summed E-state index contributed by atoms with van der Waals surface area (Å²) in [5, 5.41) is 6.84. The van der Waals surface area contributed by atoms with Gasteiger partial charge in [-0.15, -0.1) is 0 Å². The van der Waals surface area contributed by atoms with Crippen molar-refractivity contribution < 1.29 is 14.1 Å². The molecule has 2 aromatic rings. The maximum atomic E-state index is 12.7. The molecule has 2 amide bonds. The molecule has 0 bridgehead atoms. The molecule has 1 aromatic carbocycles. The lowest BCUT2D eigenvalue weighted by Crippen LogP contribution is -2.33. The maximum Gasteiger partial charge on any atom is 0.233 e. The van der Waals surface area contributed by atoms with Crippen molar-refractivity contribution in [3.8, 4) is 0 Å². The fourth-order valence-electron chi connectivity index (χ4n) is 3.72. The Bertz CT molecular complexity index is 821. The van der Waals surface area contributed by atoms with E-state index >= 15 is 0 Å². The van der Waals surface area contributed by atoms with Crippen molar-refractivity contribution in [3.05, 3.63) is 46.3 Å². The number of rotatable bonds is 4. The van der Waals surface area contributed by atoms with E-state index in [1.54, 1.807) is 4.90 Å². The number of likely N-dealkylation sites (tertiary alicyclic amines) is 1. The number of nitrogens with one attached hydrogen (secondary N) is 1. The molecule has 3 rings (SSSR count). The molecule has 1 fully saturated rings. The average Bonchev–Trinajstić information content (AvgIpc) is 3.16. The number of benzene rings is 1. The standard InChI is InChI=1S/C20H25N3O3/c1-12-7-8-16(13(2)10-12)21-18(24)11-19(25)23-9-5-6-17(23)20-14(3)22-26-15(20)4/h7-8,10,17H,5-6,9,11H2,1-4H3,(H,21,24)/t17-/m0/s1. The molecule has 1 aromatic heterocycles. The van der Waals surface area contributed by atoms with E-state index in [0.29, 0.717) is 6.54 Å². The van der Waals surface area contributed by atoms with Gasteiger partial charge in [-0.25, -0.2) is 0 Å². The van der Waals surface area contributed by atoms with Crippen LogP contribution in [0.15, 0.2) is 22.7 Å². The van der Waals surface area contributed by atoms with Gasteiger partial charge in [0, 0.05) is 17.8 Å². The highest BCUT2D eigenvalue weighted by Gasteiger charge is 2.34. The molecule has 6 heteroatoms. The van der Waals surface area contributed by atoms with Crippen LogP contribution in [0.25, 0.3) is 0 Å². The summed E-state index contributed by atoms with van der Waals surface area (Å²) in [4.78, 5) is 26.9. The quantitative estimate of drug-likeness (QED) is 0.850. The number of carbonyl (C=O) groups is 2. The molecular weight excluding hydrogens is 330 g/mol.